The third kappa shape index (κ3) is 2.79. The van der Waals surface area contributed by atoms with Crippen LogP contribution in [0.4, 0.5) is 5.69 Å². The van der Waals surface area contributed by atoms with Crippen molar-refractivity contribution in [3.8, 4) is 0 Å². The van der Waals surface area contributed by atoms with E-state index < -0.39 is 0 Å². The molecule has 1 aromatic carbocycles. The Labute approximate surface area is 108 Å². The molecule has 0 amide bonds. The fraction of sp³-hybridized carbons (Fsp3) is 0.400. The number of nitrogens with one attached hydrogen (secondary N) is 1. The SMILES string of the molecule is CCc1cc(NCC(C)CO)c2ccccc2n1. The summed E-state index contributed by atoms with van der Waals surface area (Å²) < 4.78 is 0. The van der Waals surface area contributed by atoms with E-state index in [2.05, 4.69) is 29.4 Å². The van der Waals surface area contributed by atoms with Crippen LogP contribution in [0.25, 0.3) is 10.9 Å². The number of rotatable bonds is 5. The van der Waals surface area contributed by atoms with Crippen molar-refractivity contribution >= 4 is 16.6 Å². The van der Waals surface area contributed by atoms with Gasteiger partial charge in [0, 0.05) is 29.9 Å². The molecule has 96 valence electrons. The van der Waals surface area contributed by atoms with Crippen LogP contribution < -0.4 is 5.32 Å². The van der Waals surface area contributed by atoms with Gasteiger partial charge >= 0.3 is 0 Å². The molecule has 2 aromatic rings. The third-order valence-electron chi connectivity index (χ3n) is 3.08. The third-order valence-corrected chi connectivity index (χ3v) is 3.08. The molecule has 0 spiro atoms. The molecule has 2 N–H and O–H groups in total. The minimum atomic E-state index is 0.205. The smallest absolute Gasteiger partial charge is 0.0726 e. The molecule has 3 nitrogen and oxygen atoms in total. The Hall–Kier alpha value is -1.61. The maximum absolute atomic E-state index is 9.07. The van der Waals surface area contributed by atoms with Crippen LogP contribution in [0.15, 0.2) is 30.3 Å². The second kappa shape index (κ2) is 5.83. The number of nitrogens with zero attached hydrogens (tertiary/aromatic N) is 1. The van der Waals surface area contributed by atoms with Crippen molar-refractivity contribution in [1.82, 2.24) is 4.98 Å². The normalized spacial score (nSPS) is 12.6. The molecular formula is C15H20N2O. The summed E-state index contributed by atoms with van der Waals surface area (Å²) in [7, 11) is 0. The molecule has 0 fully saturated rings. The first-order valence-electron chi connectivity index (χ1n) is 6.48. The molecule has 2 rings (SSSR count). The number of pyridine rings is 1. The number of fused-ring (bicyclic) bond motifs is 1. The number of anilines is 1. The molecule has 0 aliphatic heterocycles. The van der Waals surface area contributed by atoms with Crippen LogP contribution in [0.3, 0.4) is 0 Å². The van der Waals surface area contributed by atoms with Crippen LogP contribution in [0.2, 0.25) is 0 Å². The van der Waals surface area contributed by atoms with Crippen LogP contribution in [0.5, 0.6) is 0 Å². The van der Waals surface area contributed by atoms with E-state index in [0.29, 0.717) is 0 Å². The number of aromatic nitrogens is 1. The van der Waals surface area contributed by atoms with E-state index in [1.165, 1.54) is 0 Å². The van der Waals surface area contributed by atoms with Gasteiger partial charge in [0.2, 0.25) is 0 Å². The minimum absolute atomic E-state index is 0.205. The summed E-state index contributed by atoms with van der Waals surface area (Å²) in [5.74, 6) is 0.252. The van der Waals surface area contributed by atoms with Crippen molar-refractivity contribution in [2.45, 2.75) is 20.3 Å². The Morgan fingerprint density at radius 2 is 2.11 bits per heavy atom. The monoisotopic (exact) mass is 244 g/mol. The highest BCUT2D eigenvalue weighted by Gasteiger charge is 2.06. The van der Waals surface area contributed by atoms with E-state index in [-0.39, 0.29) is 12.5 Å². The minimum Gasteiger partial charge on any atom is -0.396 e. The fourth-order valence-corrected chi connectivity index (χ4v) is 1.91. The van der Waals surface area contributed by atoms with Crippen molar-refractivity contribution in [3.05, 3.63) is 36.0 Å². The zero-order valence-corrected chi connectivity index (χ0v) is 11.0. The number of aryl methyl sites for hydroxylation is 1. The molecule has 1 unspecified atom stereocenters. The summed E-state index contributed by atoms with van der Waals surface area (Å²) in [5, 5.41) is 13.6. The first-order chi connectivity index (χ1) is 8.74. The molecule has 1 heterocycles. The Bertz CT molecular complexity index is 525. The van der Waals surface area contributed by atoms with E-state index >= 15 is 0 Å². The molecule has 0 radical (unpaired) electrons. The second-order valence-corrected chi connectivity index (χ2v) is 4.70. The zero-order chi connectivity index (χ0) is 13.0. The molecule has 0 bridgehead atoms. The van der Waals surface area contributed by atoms with Gasteiger partial charge in [-0.3, -0.25) is 4.98 Å². The molecular weight excluding hydrogens is 224 g/mol. The molecule has 1 aromatic heterocycles. The van der Waals surface area contributed by atoms with Crippen molar-refractivity contribution in [2.24, 2.45) is 5.92 Å². The lowest BCUT2D eigenvalue weighted by Gasteiger charge is -2.14. The zero-order valence-electron chi connectivity index (χ0n) is 11.0. The van der Waals surface area contributed by atoms with Crippen LogP contribution in [0.1, 0.15) is 19.5 Å². The Kier molecular flexibility index (Phi) is 4.15. The lowest BCUT2D eigenvalue weighted by Crippen LogP contribution is -2.15. The summed E-state index contributed by atoms with van der Waals surface area (Å²) >= 11 is 0. The number of para-hydroxylation sites is 1. The quantitative estimate of drug-likeness (QED) is 0.850. The summed E-state index contributed by atoms with van der Waals surface area (Å²) in [6.07, 6.45) is 0.926. The van der Waals surface area contributed by atoms with Gasteiger partial charge in [0.15, 0.2) is 0 Å². The summed E-state index contributed by atoms with van der Waals surface area (Å²) in [6, 6.07) is 10.3. The lowest BCUT2D eigenvalue weighted by atomic mass is 10.1. The average molecular weight is 244 g/mol. The van der Waals surface area contributed by atoms with Crippen molar-refractivity contribution in [1.29, 1.82) is 0 Å². The Morgan fingerprint density at radius 1 is 1.33 bits per heavy atom. The second-order valence-electron chi connectivity index (χ2n) is 4.70. The number of benzene rings is 1. The molecule has 1 atom stereocenters. The molecule has 3 heteroatoms. The highest BCUT2D eigenvalue weighted by Crippen LogP contribution is 2.23. The van der Waals surface area contributed by atoms with Crippen molar-refractivity contribution in [2.75, 3.05) is 18.5 Å². The highest BCUT2D eigenvalue weighted by atomic mass is 16.3. The largest absolute Gasteiger partial charge is 0.396 e. The number of aliphatic hydroxyl groups excluding tert-OH is 1. The van der Waals surface area contributed by atoms with E-state index in [9.17, 15) is 0 Å². The average Bonchev–Trinajstić information content (AvgIpc) is 2.43. The van der Waals surface area contributed by atoms with Gasteiger partial charge in [-0.15, -0.1) is 0 Å². The molecule has 18 heavy (non-hydrogen) atoms. The molecule has 0 aliphatic rings. The number of aliphatic hydroxyl groups is 1. The van der Waals surface area contributed by atoms with Gasteiger partial charge in [0.05, 0.1) is 5.52 Å². The standard InChI is InChI=1S/C15H20N2O/c1-3-12-8-15(16-9-11(2)10-18)13-6-4-5-7-14(13)17-12/h4-8,11,18H,3,9-10H2,1-2H3,(H,16,17). The van der Waals surface area contributed by atoms with Gasteiger partial charge in [-0.2, -0.15) is 0 Å². The van der Waals surface area contributed by atoms with Crippen LogP contribution in [-0.2, 0) is 6.42 Å². The van der Waals surface area contributed by atoms with Gasteiger partial charge in [-0.25, -0.2) is 0 Å². The fourth-order valence-electron chi connectivity index (χ4n) is 1.91. The predicted molar refractivity (Wildman–Crippen MR) is 75.9 cm³/mol. The van der Waals surface area contributed by atoms with Gasteiger partial charge in [0.25, 0.3) is 0 Å². The van der Waals surface area contributed by atoms with Crippen molar-refractivity contribution < 1.29 is 5.11 Å². The first-order valence-corrected chi connectivity index (χ1v) is 6.48. The Morgan fingerprint density at radius 3 is 2.83 bits per heavy atom. The van der Waals surface area contributed by atoms with E-state index in [1.54, 1.807) is 0 Å². The van der Waals surface area contributed by atoms with E-state index in [4.69, 9.17) is 5.11 Å². The maximum Gasteiger partial charge on any atom is 0.0726 e. The van der Waals surface area contributed by atoms with Gasteiger partial charge in [0.1, 0.15) is 0 Å². The first kappa shape index (κ1) is 12.8. The lowest BCUT2D eigenvalue weighted by molar-refractivity contribution is 0.244. The number of hydrogen-bond donors (Lipinski definition) is 2. The van der Waals surface area contributed by atoms with Gasteiger partial charge < -0.3 is 10.4 Å². The van der Waals surface area contributed by atoms with Crippen LogP contribution >= 0.6 is 0 Å². The predicted octanol–water partition coefficient (Wildman–Crippen LogP) is 2.84. The Balaban J connectivity index is 2.34. The summed E-state index contributed by atoms with van der Waals surface area (Å²) in [6.45, 7) is 5.11. The topological polar surface area (TPSA) is 45.1 Å². The van der Waals surface area contributed by atoms with E-state index in [1.807, 2.05) is 25.1 Å². The van der Waals surface area contributed by atoms with Crippen molar-refractivity contribution in [3.63, 3.8) is 0 Å². The van der Waals surface area contributed by atoms with Gasteiger partial charge in [-0.05, 0) is 24.5 Å². The highest BCUT2D eigenvalue weighted by molar-refractivity contribution is 5.91. The van der Waals surface area contributed by atoms with E-state index in [0.717, 1.165) is 35.2 Å². The maximum atomic E-state index is 9.07. The van der Waals surface area contributed by atoms with Gasteiger partial charge in [-0.1, -0.05) is 32.0 Å². The van der Waals surface area contributed by atoms with Crippen LogP contribution in [-0.4, -0.2) is 23.2 Å². The molecule has 0 saturated heterocycles. The number of hydrogen-bond acceptors (Lipinski definition) is 3. The molecule has 0 saturated carbocycles. The summed E-state index contributed by atoms with van der Waals surface area (Å²) in [4.78, 5) is 4.61. The van der Waals surface area contributed by atoms with Crippen LogP contribution in [0, 0.1) is 5.92 Å². The summed E-state index contributed by atoms with van der Waals surface area (Å²) in [5.41, 5.74) is 3.22. The molecule has 0 aliphatic carbocycles.